The van der Waals surface area contributed by atoms with Crippen molar-refractivity contribution in [3.8, 4) is 11.8 Å². The van der Waals surface area contributed by atoms with Gasteiger partial charge in [-0.15, -0.1) is 0 Å². The summed E-state index contributed by atoms with van der Waals surface area (Å²) in [5.74, 6) is 1.78. The number of nitrogens with zero attached hydrogens (tertiary/aromatic N) is 2. The molecule has 1 fully saturated rings. The zero-order chi connectivity index (χ0) is 19.5. The molecule has 1 aliphatic carbocycles. The highest BCUT2D eigenvalue weighted by Crippen LogP contribution is 2.30. The van der Waals surface area contributed by atoms with Crippen molar-refractivity contribution in [3.05, 3.63) is 63.7 Å². The van der Waals surface area contributed by atoms with E-state index in [1.807, 2.05) is 24.3 Å². The van der Waals surface area contributed by atoms with E-state index in [2.05, 4.69) is 17.5 Å². The number of hydrogen-bond acceptors (Lipinski definition) is 4. The molecule has 1 heterocycles. The van der Waals surface area contributed by atoms with Gasteiger partial charge in [0.05, 0.1) is 24.8 Å². The van der Waals surface area contributed by atoms with Crippen LogP contribution >= 0.6 is 11.6 Å². The number of methoxy groups -OCH3 is 1. The van der Waals surface area contributed by atoms with Crippen molar-refractivity contribution in [2.24, 2.45) is 4.99 Å². The number of benzene rings is 2. The summed E-state index contributed by atoms with van der Waals surface area (Å²) in [6.45, 7) is 0. The number of amidine groups is 1. The third-order valence-corrected chi connectivity index (χ3v) is 6.13. The SMILES string of the molecule is COc1ccc(C#N)cc1CCc1c(Cl)cccc1C1=N[C@H]2CCCC[C@@H]2N1. The van der Waals surface area contributed by atoms with Gasteiger partial charge in [0.15, 0.2) is 0 Å². The van der Waals surface area contributed by atoms with Crippen LogP contribution in [0.2, 0.25) is 5.02 Å². The van der Waals surface area contributed by atoms with Crippen molar-refractivity contribution < 1.29 is 4.74 Å². The molecule has 2 aromatic carbocycles. The maximum atomic E-state index is 9.21. The Balaban J connectivity index is 1.60. The topological polar surface area (TPSA) is 57.4 Å². The molecule has 144 valence electrons. The van der Waals surface area contributed by atoms with Crippen molar-refractivity contribution >= 4 is 17.4 Å². The fraction of sp³-hybridized carbons (Fsp3) is 0.391. The van der Waals surface area contributed by atoms with Gasteiger partial charge in [-0.3, -0.25) is 4.99 Å². The standard InChI is InChI=1S/C23H24ClN3O/c1-28-22-12-9-15(14-25)13-16(22)10-11-17-18(5-4-6-19(17)24)23-26-20-7-2-3-8-21(20)27-23/h4-6,9,12-13,20-21H,2-3,7-8,10-11H2,1H3,(H,26,27)/t20-,21-/m0/s1. The number of aryl methyl sites for hydroxylation is 1. The van der Waals surface area contributed by atoms with Crippen molar-refractivity contribution in [1.29, 1.82) is 5.26 Å². The van der Waals surface area contributed by atoms with Gasteiger partial charge >= 0.3 is 0 Å². The zero-order valence-electron chi connectivity index (χ0n) is 16.0. The van der Waals surface area contributed by atoms with E-state index in [9.17, 15) is 5.26 Å². The van der Waals surface area contributed by atoms with Crippen LogP contribution in [0.1, 0.15) is 47.9 Å². The Kier molecular flexibility index (Phi) is 5.54. The summed E-state index contributed by atoms with van der Waals surface area (Å²) in [5, 5.41) is 13.6. The molecule has 4 nitrogen and oxygen atoms in total. The number of nitriles is 1. The smallest absolute Gasteiger partial charge is 0.129 e. The molecule has 0 bridgehead atoms. The molecule has 28 heavy (non-hydrogen) atoms. The normalized spacial score (nSPS) is 20.7. The van der Waals surface area contributed by atoms with E-state index < -0.39 is 0 Å². The summed E-state index contributed by atoms with van der Waals surface area (Å²) in [4.78, 5) is 4.98. The van der Waals surface area contributed by atoms with Gasteiger partial charge in [0.1, 0.15) is 11.6 Å². The lowest BCUT2D eigenvalue weighted by atomic mass is 9.92. The van der Waals surface area contributed by atoms with Gasteiger partial charge < -0.3 is 10.1 Å². The Morgan fingerprint density at radius 2 is 2.07 bits per heavy atom. The second-order valence-corrected chi connectivity index (χ2v) is 7.89. The first-order valence-corrected chi connectivity index (χ1v) is 10.3. The van der Waals surface area contributed by atoms with Crippen LogP contribution in [0, 0.1) is 11.3 Å². The number of aliphatic imine (C=N–C) groups is 1. The van der Waals surface area contributed by atoms with Crippen molar-refractivity contribution in [2.75, 3.05) is 7.11 Å². The van der Waals surface area contributed by atoms with Crippen molar-refractivity contribution in [1.82, 2.24) is 5.32 Å². The third-order valence-electron chi connectivity index (χ3n) is 5.77. The van der Waals surface area contributed by atoms with Gasteiger partial charge in [0, 0.05) is 16.6 Å². The monoisotopic (exact) mass is 393 g/mol. The summed E-state index contributed by atoms with van der Waals surface area (Å²) < 4.78 is 5.48. The molecule has 2 atom stereocenters. The van der Waals surface area contributed by atoms with E-state index in [4.69, 9.17) is 21.3 Å². The molecule has 0 unspecified atom stereocenters. The molecular formula is C23H24ClN3O. The number of ether oxygens (including phenoxy) is 1. The van der Waals surface area contributed by atoms with E-state index in [1.54, 1.807) is 13.2 Å². The predicted molar refractivity (Wildman–Crippen MR) is 112 cm³/mol. The summed E-state index contributed by atoms with van der Waals surface area (Å²) in [5.41, 5.74) is 3.85. The molecule has 0 saturated heterocycles. The second kappa shape index (κ2) is 8.24. The number of nitrogens with one attached hydrogen (secondary N) is 1. The number of fused-ring (bicyclic) bond motifs is 1. The lowest BCUT2D eigenvalue weighted by Gasteiger charge is -2.23. The first-order valence-electron chi connectivity index (χ1n) is 9.88. The van der Waals surface area contributed by atoms with Gasteiger partial charge in [-0.2, -0.15) is 5.26 Å². The second-order valence-electron chi connectivity index (χ2n) is 7.48. The van der Waals surface area contributed by atoms with Crippen LogP contribution in [0.4, 0.5) is 0 Å². The number of rotatable bonds is 5. The molecule has 1 aliphatic heterocycles. The predicted octanol–water partition coefficient (Wildman–Crippen LogP) is 4.67. The first kappa shape index (κ1) is 18.8. The Labute approximate surface area is 171 Å². The molecular weight excluding hydrogens is 370 g/mol. The van der Waals surface area contributed by atoms with E-state index in [0.29, 0.717) is 17.6 Å². The minimum absolute atomic E-state index is 0.392. The van der Waals surface area contributed by atoms with Crippen LogP contribution in [0.15, 0.2) is 41.4 Å². The molecule has 5 heteroatoms. The summed E-state index contributed by atoms with van der Waals surface area (Å²) in [7, 11) is 1.66. The average molecular weight is 394 g/mol. The molecule has 1 N–H and O–H groups in total. The average Bonchev–Trinajstić information content (AvgIpc) is 3.16. The third kappa shape index (κ3) is 3.72. The van der Waals surface area contributed by atoms with Gasteiger partial charge in [-0.1, -0.05) is 36.6 Å². The molecule has 1 saturated carbocycles. The summed E-state index contributed by atoms with van der Waals surface area (Å²) >= 11 is 6.59. The Morgan fingerprint density at radius 1 is 1.21 bits per heavy atom. The fourth-order valence-electron chi connectivity index (χ4n) is 4.30. The lowest BCUT2D eigenvalue weighted by Crippen LogP contribution is -2.37. The largest absolute Gasteiger partial charge is 0.496 e. The van der Waals surface area contributed by atoms with Crippen LogP contribution in [0.3, 0.4) is 0 Å². The van der Waals surface area contributed by atoms with Gasteiger partial charge in [-0.05, 0) is 61.1 Å². The van der Waals surface area contributed by atoms with E-state index in [0.717, 1.165) is 52.6 Å². The minimum atomic E-state index is 0.392. The van der Waals surface area contributed by atoms with Crippen LogP contribution in [-0.4, -0.2) is 25.0 Å². The molecule has 2 aliphatic rings. The zero-order valence-corrected chi connectivity index (χ0v) is 16.8. The Bertz CT molecular complexity index is 947. The van der Waals surface area contributed by atoms with Crippen LogP contribution in [-0.2, 0) is 12.8 Å². The van der Waals surface area contributed by atoms with E-state index in [1.165, 1.54) is 19.3 Å². The Hall–Kier alpha value is -2.51. The van der Waals surface area contributed by atoms with Crippen LogP contribution in [0.25, 0.3) is 0 Å². The maximum absolute atomic E-state index is 9.21. The number of hydrogen-bond donors (Lipinski definition) is 1. The molecule has 4 rings (SSSR count). The highest BCUT2D eigenvalue weighted by molar-refractivity contribution is 6.32. The minimum Gasteiger partial charge on any atom is -0.496 e. The summed E-state index contributed by atoms with van der Waals surface area (Å²) in [6, 6.07) is 14.6. The van der Waals surface area contributed by atoms with Crippen molar-refractivity contribution in [3.63, 3.8) is 0 Å². The molecule has 0 aromatic heterocycles. The molecule has 0 amide bonds. The first-order chi connectivity index (χ1) is 13.7. The molecule has 0 spiro atoms. The highest BCUT2D eigenvalue weighted by atomic mass is 35.5. The fourth-order valence-corrected chi connectivity index (χ4v) is 4.57. The highest BCUT2D eigenvalue weighted by Gasteiger charge is 2.32. The number of halogens is 1. The quantitative estimate of drug-likeness (QED) is 0.803. The Morgan fingerprint density at radius 3 is 2.86 bits per heavy atom. The van der Waals surface area contributed by atoms with Gasteiger partial charge in [-0.25, -0.2) is 0 Å². The van der Waals surface area contributed by atoms with Crippen LogP contribution < -0.4 is 10.1 Å². The van der Waals surface area contributed by atoms with Crippen molar-refractivity contribution in [2.45, 2.75) is 50.6 Å². The summed E-state index contributed by atoms with van der Waals surface area (Å²) in [6.07, 6.45) is 6.39. The van der Waals surface area contributed by atoms with E-state index >= 15 is 0 Å². The lowest BCUT2D eigenvalue weighted by molar-refractivity contribution is 0.385. The maximum Gasteiger partial charge on any atom is 0.129 e. The molecule has 0 radical (unpaired) electrons. The van der Waals surface area contributed by atoms with E-state index in [-0.39, 0.29) is 0 Å². The van der Waals surface area contributed by atoms with Crippen LogP contribution in [0.5, 0.6) is 5.75 Å². The van der Waals surface area contributed by atoms with Gasteiger partial charge in [0.25, 0.3) is 0 Å². The van der Waals surface area contributed by atoms with Gasteiger partial charge in [0.2, 0.25) is 0 Å². The molecule has 2 aromatic rings.